The van der Waals surface area contributed by atoms with Crippen LogP contribution in [0.1, 0.15) is 36.7 Å². The van der Waals surface area contributed by atoms with E-state index < -0.39 is 0 Å². The second-order valence-electron chi connectivity index (χ2n) is 7.07. The predicted octanol–water partition coefficient (Wildman–Crippen LogP) is 3.95. The van der Waals surface area contributed by atoms with E-state index in [1.807, 2.05) is 48.5 Å². The molecule has 0 fully saturated rings. The smallest absolute Gasteiger partial charge is 0.407 e. The Morgan fingerprint density at radius 2 is 1.77 bits per heavy atom. The van der Waals surface area contributed by atoms with Crippen molar-refractivity contribution < 1.29 is 14.3 Å². The first-order chi connectivity index (χ1) is 12.4. The van der Waals surface area contributed by atoms with Crippen LogP contribution in [-0.2, 0) is 14.9 Å². The number of ether oxygens (including phenoxy) is 2. The molecule has 0 saturated carbocycles. The third kappa shape index (κ3) is 3.96. The Bertz CT molecular complexity index is 806. The molecule has 0 saturated heterocycles. The third-order valence-corrected chi connectivity index (χ3v) is 4.12. The first-order valence-electron chi connectivity index (χ1n) is 8.42. The molecule has 1 heterocycles. The van der Waals surface area contributed by atoms with E-state index in [4.69, 9.17) is 9.47 Å². The van der Waals surface area contributed by atoms with Crippen LogP contribution in [-0.4, -0.2) is 25.8 Å². The van der Waals surface area contributed by atoms with Crippen molar-refractivity contribution in [3.63, 3.8) is 0 Å². The van der Waals surface area contributed by atoms with E-state index in [-0.39, 0.29) is 17.4 Å². The van der Waals surface area contributed by atoms with Crippen LogP contribution >= 0.6 is 0 Å². The van der Waals surface area contributed by atoms with E-state index in [9.17, 15) is 4.79 Å². The number of methoxy groups -OCH3 is 1. The van der Waals surface area contributed by atoms with Crippen LogP contribution in [0.2, 0.25) is 0 Å². The molecule has 0 bridgehead atoms. The molecule has 1 N–H and O–H groups in total. The van der Waals surface area contributed by atoms with Crippen LogP contribution in [0.4, 0.5) is 11.4 Å². The minimum absolute atomic E-state index is 0.0648. The molecule has 0 unspecified atom stereocenters. The van der Waals surface area contributed by atoms with Gasteiger partial charge in [-0.2, -0.15) is 0 Å². The summed E-state index contributed by atoms with van der Waals surface area (Å²) in [5.41, 5.74) is 3.46. The van der Waals surface area contributed by atoms with Crippen LogP contribution in [0.25, 0.3) is 0 Å². The standard InChI is InChI=1S/C20H23N3O3/c1-20(2,3)15-7-5-14(6-8-15)18(24)21-16-9-11-17(12-10-16)23-13-26-19(22-23)25-4/h5-12H,13H2,1-4H3,(H,21,24). The van der Waals surface area contributed by atoms with Gasteiger partial charge in [0.15, 0.2) is 6.73 Å². The molecule has 136 valence electrons. The van der Waals surface area contributed by atoms with Crippen LogP contribution in [0, 0.1) is 0 Å². The number of carbonyl (C=O) groups excluding carboxylic acids is 1. The van der Waals surface area contributed by atoms with E-state index in [1.165, 1.54) is 12.7 Å². The summed E-state index contributed by atoms with van der Waals surface area (Å²) in [5, 5.41) is 8.74. The minimum Gasteiger partial charge on any atom is -0.453 e. The van der Waals surface area contributed by atoms with Crippen molar-refractivity contribution in [2.75, 3.05) is 24.2 Å². The lowest BCUT2D eigenvalue weighted by Gasteiger charge is -2.19. The van der Waals surface area contributed by atoms with Crippen LogP contribution < -0.4 is 10.3 Å². The molecule has 0 spiro atoms. The van der Waals surface area contributed by atoms with Gasteiger partial charge in [-0.25, -0.2) is 5.01 Å². The summed E-state index contributed by atoms with van der Waals surface area (Å²) in [6.45, 7) is 6.74. The van der Waals surface area contributed by atoms with E-state index >= 15 is 0 Å². The SMILES string of the molecule is COC1=NN(c2ccc(NC(=O)c3ccc(C(C)(C)C)cc3)cc2)CO1. The van der Waals surface area contributed by atoms with Gasteiger partial charge in [-0.05, 0) is 47.4 Å². The molecule has 6 nitrogen and oxygen atoms in total. The molecule has 2 aromatic carbocycles. The molecule has 0 aromatic heterocycles. The molecule has 2 aromatic rings. The van der Waals surface area contributed by atoms with Crippen LogP contribution in [0.5, 0.6) is 0 Å². The maximum Gasteiger partial charge on any atom is 0.407 e. The van der Waals surface area contributed by atoms with Crippen molar-refractivity contribution in [3.05, 3.63) is 59.7 Å². The lowest BCUT2D eigenvalue weighted by atomic mass is 9.87. The fourth-order valence-corrected chi connectivity index (χ4v) is 2.55. The minimum atomic E-state index is -0.137. The van der Waals surface area contributed by atoms with Crippen molar-refractivity contribution in [2.24, 2.45) is 5.10 Å². The number of nitrogens with one attached hydrogen (secondary N) is 1. The number of rotatable bonds is 3. The molecule has 0 atom stereocenters. The number of hydrogen-bond acceptors (Lipinski definition) is 5. The highest BCUT2D eigenvalue weighted by molar-refractivity contribution is 6.04. The maximum absolute atomic E-state index is 12.4. The predicted molar refractivity (Wildman–Crippen MR) is 102 cm³/mol. The number of benzene rings is 2. The van der Waals surface area contributed by atoms with Gasteiger partial charge in [0.05, 0.1) is 12.8 Å². The second kappa shape index (κ2) is 7.07. The first-order valence-corrected chi connectivity index (χ1v) is 8.42. The lowest BCUT2D eigenvalue weighted by Crippen LogP contribution is -2.15. The Balaban J connectivity index is 1.65. The van der Waals surface area contributed by atoms with Crippen molar-refractivity contribution in [1.82, 2.24) is 0 Å². The molecule has 6 heteroatoms. The van der Waals surface area contributed by atoms with E-state index in [1.54, 1.807) is 5.01 Å². The summed E-state index contributed by atoms with van der Waals surface area (Å²) in [6, 6.07) is 15.1. The average Bonchev–Trinajstić information content (AvgIpc) is 3.11. The second-order valence-corrected chi connectivity index (χ2v) is 7.07. The zero-order valence-corrected chi connectivity index (χ0v) is 15.4. The van der Waals surface area contributed by atoms with Crippen LogP contribution in [0.15, 0.2) is 53.6 Å². The summed E-state index contributed by atoms with van der Waals surface area (Å²) in [7, 11) is 1.51. The molecule has 0 aliphatic carbocycles. The highest BCUT2D eigenvalue weighted by Crippen LogP contribution is 2.23. The molecular weight excluding hydrogens is 330 g/mol. The van der Waals surface area contributed by atoms with Crippen molar-refractivity contribution >= 4 is 23.4 Å². The number of amides is 1. The van der Waals surface area contributed by atoms with E-state index in [0.29, 0.717) is 12.3 Å². The fourth-order valence-electron chi connectivity index (χ4n) is 2.55. The summed E-state index contributed by atoms with van der Waals surface area (Å²) in [4.78, 5) is 12.4. The zero-order valence-electron chi connectivity index (χ0n) is 15.4. The van der Waals surface area contributed by atoms with Gasteiger partial charge in [-0.3, -0.25) is 4.79 Å². The highest BCUT2D eigenvalue weighted by Gasteiger charge is 2.18. The number of hydrazone groups is 1. The summed E-state index contributed by atoms with van der Waals surface area (Å²) < 4.78 is 10.2. The quantitative estimate of drug-likeness (QED) is 0.907. The molecule has 1 aliphatic heterocycles. The van der Waals surface area contributed by atoms with Gasteiger partial charge < -0.3 is 14.8 Å². The Labute approximate surface area is 153 Å². The van der Waals surface area contributed by atoms with E-state index in [0.717, 1.165) is 11.4 Å². The number of nitrogens with zero attached hydrogens (tertiary/aromatic N) is 2. The van der Waals surface area contributed by atoms with Gasteiger partial charge in [0.1, 0.15) is 0 Å². The number of anilines is 2. The van der Waals surface area contributed by atoms with Gasteiger partial charge in [0.2, 0.25) is 0 Å². The van der Waals surface area contributed by atoms with E-state index in [2.05, 4.69) is 31.2 Å². The monoisotopic (exact) mass is 353 g/mol. The Morgan fingerprint density at radius 3 is 2.31 bits per heavy atom. The van der Waals surface area contributed by atoms with Crippen molar-refractivity contribution in [1.29, 1.82) is 0 Å². The summed E-state index contributed by atoms with van der Waals surface area (Å²) in [6.07, 6.45) is 0.237. The summed E-state index contributed by atoms with van der Waals surface area (Å²) in [5.74, 6) is -0.137. The van der Waals surface area contributed by atoms with Gasteiger partial charge in [0.25, 0.3) is 5.91 Å². The normalized spacial score (nSPS) is 13.8. The third-order valence-electron chi connectivity index (χ3n) is 4.12. The Kier molecular flexibility index (Phi) is 4.84. The number of hydrogen-bond donors (Lipinski definition) is 1. The molecule has 3 rings (SSSR count). The maximum atomic E-state index is 12.4. The largest absolute Gasteiger partial charge is 0.453 e. The highest BCUT2D eigenvalue weighted by atomic mass is 16.7. The molecular formula is C20H23N3O3. The molecule has 1 amide bonds. The van der Waals surface area contributed by atoms with Gasteiger partial charge >= 0.3 is 6.08 Å². The summed E-state index contributed by atoms with van der Waals surface area (Å²) >= 11 is 0. The molecule has 0 radical (unpaired) electrons. The number of carbonyl (C=O) groups is 1. The van der Waals surface area contributed by atoms with Crippen LogP contribution in [0.3, 0.4) is 0 Å². The van der Waals surface area contributed by atoms with Crippen molar-refractivity contribution in [3.8, 4) is 0 Å². The molecule has 26 heavy (non-hydrogen) atoms. The topological polar surface area (TPSA) is 63.2 Å². The Hall–Kier alpha value is -3.02. The van der Waals surface area contributed by atoms with Gasteiger partial charge in [-0.1, -0.05) is 38.0 Å². The Morgan fingerprint density at radius 1 is 1.12 bits per heavy atom. The van der Waals surface area contributed by atoms with Crippen molar-refractivity contribution in [2.45, 2.75) is 26.2 Å². The van der Waals surface area contributed by atoms with Gasteiger partial charge in [-0.15, -0.1) is 0 Å². The van der Waals surface area contributed by atoms with Gasteiger partial charge in [0, 0.05) is 11.3 Å². The zero-order chi connectivity index (χ0) is 18.7. The molecule has 1 aliphatic rings. The lowest BCUT2D eigenvalue weighted by molar-refractivity contribution is 0.102. The average molecular weight is 353 g/mol. The fraction of sp³-hybridized carbons (Fsp3) is 0.300. The first kappa shape index (κ1) is 17.8.